The second-order valence-electron chi connectivity index (χ2n) is 5.67. The summed E-state index contributed by atoms with van der Waals surface area (Å²) >= 11 is 3.00. The number of aryl methyl sites for hydroxylation is 1. The van der Waals surface area contributed by atoms with Crippen LogP contribution in [0.3, 0.4) is 0 Å². The van der Waals surface area contributed by atoms with E-state index in [9.17, 15) is 4.79 Å². The Morgan fingerprint density at radius 3 is 2.85 bits per heavy atom. The van der Waals surface area contributed by atoms with E-state index in [1.54, 1.807) is 16.7 Å². The van der Waals surface area contributed by atoms with Gasteiger partial charge in [-0.25, -0.2) is 4.98 Å². The molecule has 0 bridgehead atoms. The highest BCUT2D eigenvalue weighted by atomic mass is 32.2. The smallest absolute Gasteiger partial charge is 0.258 e. The molecule has 0 atom stereocenters. The second-order valence-corrected chi connectivity index (χ2v) is 7.87. The second kappa shape index (κ2) is 7.27. The first-order valence-electron chi connectivity index (χ1n) is 7.95. The number of nitrogens with zero attached hydrogens (tertiary/aromatic N) is 4. The predicted octanol–water partition coefficient (Wildman–Crippen LogP) is 3.89. The normalized spacial score (nSPS) is 11.0. The van der Waals surface area contributed by atoms with Gasteiger partial charge in [0.15, 0.2) is 4.34 Å². The molecule has 0 fully saturated rings. The molecule has 8 heteroatoms. The van der Waals surface area contributed by atoms with Gasteiger partial charge in [0, 0.05) is 23.7 Å². The Morgan fingerprint density at radius 1 is 1.15 bits per heavy atom. The van der Waals surface area contributed by atoms with Crippen LogP contribution in [0.15, 0.2) is 63.9 Å². The summed E-state index contributed by atoms with van der Waals surface area (Å²) in [6, 6.07) is 15.2. The van der Waals surface area contributed by atoms with Gasteiger partial charge in [0.2, 0.25) is 5.13 Å². The zero-order chi connectivity index (χ0) is 17.9. The molecule has 1 N–H and O–H groups in total. The number of aromatic nitrogens is 4. The third-order valence-corrected chi connectivity index (χ3v) is 5.66. The van der Waals surface area contributed by atoms with E-state index in [0.717, 1.165) is 26.4 Å². The Balaban J connectivity index is 1.47. The molecule has 3 heterocycles. The molecule has 0 spiro atoms. The van der Waals surface area contributed by atoms with Crippen LogP contribution in [-0.2, 0) is 5.75 Å². The van der Waals surface area contributed by atoms with E-state index in [4.69, 9.17) is 0 Å². The standard InChI is InChI=1S/C18H15N5OS2/c1-12-7-8-23-15(9-12)19-14(10-16(23)24)11-25-18-22-21-17(26-18)20-13-5-3-2-4-6-13/h2-10H,11H2,1H3,(H,20,21). The number of thioether (sulfide) groups is 1. The highest BCUT2D eigenvalue weighted by Crippen LogP contribution is 2.29. The first kappa shape index (κ1) is 16.7. The Morgan fingerprint density at radius 2 is 2.00 bits per heavy atom. The van der Waals surface area contributed by atoms with E-state index in [0.29, 0.717) is 11.4 Å². The van der Waals surface area contributed by atoms with Gasteiger partial charge in [0.25, 0.3) is 5.56 Å². The van der Waals surface area contributed by atoms with E-state index in [-0.39, 0.29) is 5.56 Å². The number of nitrogens with one attached hydrogen (secondary N) is 1. The monoisotopic (exact) mass is 381 g/mol. The van der Waals surface area contributed by atoms with Crippen LogP contribution in [0.4, 0.5) is 10.8 Å². The summed E-state index contributed by atoms with van der Waals surface area (Å²) in [7, 11) is 0. The Hall–Kier alpha value is -2.71. The molecular weight excluding hydrogens is 366 g/mol. The van der Waals surface area contributed by atoms with Crippen molar-refractivity contribution in [3.05, 3.63) is 76.3 Å². The van der Waals surface area contributed by atoms with Gasteiger partial charge in [0.1, 0.15) is 5.65 Å². The van der Waals surface area contributed by atoms with Gasteiger partial charge in [-0.15, -0.1) is 10.2 Å². The minimum atomic E-state index is -0.0747. The van der Waals surface area contributed by atoms with Crippen LogP contribution >= 0.6 is 23.1 Å². The fraction of sp³-hybridized carbons (Fsp3) is 0.111. The Bertz CT molecular complexity index is 1110. The van der Waals surface area contributed by atoms with Crippen molar-refractivity contribution in [2.75, 3.05) is 5.32 Å². The van der Waals surface area contributed by atoms with Crippen molar-refractivity contribution in [1.82, 2.24) is 19.6 Å². The number of rotatable bonds is 5. The van der Waals surface area contributed by atoms with Crippen molar-refractivity contribution in [1.29, 1.82) is 0 Å². The van der Waals surface area contributed by atoms with E-state index in [2.05, 4.69) is 20.5 Å². The summed E-state index contributed by atoms with van der Waals surface area (Å²) in [4.78, 5) is 16.8. The number of fused-ring (bicyclic) bond motifs is 1. The van der Waals surface area contributed by atoms with Gasteiger partial charge in [-0.2, -0.15) is 0 Å². The summed E-state index contributed by atoms with van der Waals surface area (Å²) < 4.78 is 2.38. The summed E-state index contributed by atoms with van der Waals surface area (Å²) in [5, 5.41) is 12.3. The van der Waals surface area contributed by atoms with Crippen LogP contribution in [0.1, 0.15) is 11.3 Å². The van der Waals surface area contributed by atoms with E-state index in [1.807, 2.05) is 49.4 Å². The zero-order valence-electron chi connectivity index (χ0n) is 13.9. The lowest BCUT2D eigenvalue weighted by atomic mass is 10.3. The van der Waals surface area contributed by atoms with E-state index in [1.165, 1.54) is 23.1 Å². The quantitative estimate of drug-likeness (QED) is 0.529. The van der Waals surface area contributed by atoms with Crippen molar-refractivity contribution in [2.45, 2.75) is 17.0 Å². The van der Waals surface area contributed by atoms with Crippen molar-refractivity contribution in [3.8, 4) is 0 Å². The summed E-state index contributed by atoms with van der Waals surface area (Å²) in [5.41, 5.74) is 3.37. The van der Waals surface area contributed by atoms with Gasteiger partial charge in [-0.3, -0.25) is 9.20 Å². The van der Waals surface area contributed by atoms with Gasteiger partial charge >= 0.3 is 0 Å². The van der Waals surface area contributed by atoms with Crippen LogP contribution in [0.2, 0.25) is 0 Å². The van der Waals surface area contributed by atoms with Gasteiger partial charge in [-0.05, 0) is 36.8 Å². The molecule has 0 saturated carbocycles. The molecule has 3 aromatic heterocycles. The van der Waals surface area contributed by atoms with Crippen LogP contribution in [-0.4, -0.2) is 19.6 Å². The third kappa shape index (κ3) is 3.76. The van der Waals surface area contributed by atoms with Gasteiger partial charge in [-0.1, -0.05) is 41.3 Å². The highest BCUT2D eigenvalue weighted by molar-refractivity contribution is 8.00. The van der Waals surface area contributed by atoms with Crippen LogP contribution < -0.4 is 10.9 Å². The van der Waals surface area contributed by atoms with Crippen molar-refractivity contribution in [3.63, 3.8) is 0 Å². The average molecular weight is 381 g/mol. The summed E-state index contributed by atoms with van der Waals surface area (Å²) in [5.74, 6) is 0.569. The topological polar surface area (TPSA) is 72.2 Å². The van der Waals surface area contributed by atoms with Gasteiger partial charge in [0.05, 0.1) is 5.69 Å². The third-order valence-electron chi connectivity index (χ3n) is 3.65. The number of anilines is 2. The highest BCUT2D eigenvalue weighted by Gasteiger charge is 2.08. The van der Waals surface area contributed by atoms with E-state index < -0.39 is 0 Å². The predicted molar refractivity (Wildman–Crippen MR) is 105 cm³/mol. The van der Waals surface area contributed by atoms with Crippen molar-refractivity contribution < 1.29 is 0 Å². The Labute approximate surface area is 158 Å². The molecule has 1 aromatic carbocycles. The SMILES string of the molecule is Cc1ccn2c(=O)cc(CSc3nnc(Nc4ccccc4)s3)nc2c1. The average Bonchev–Trinajstić information content (AvgIpc) is 3.08. The number of benzene rings is 1. The maximum Gasteiger partial charge on any atom is 0.258 e. The summed E-state index contributed by atoms with van der Waals surface area (Å²) in [6.07, 6.45) is 1.75. The molecule has 130 valence electrons. The fourth-order valence-electron chi connectivity index (χ4n) is 2.43. The molecule has 0 aliphatic carbocycles. The number of hydrogen-bond acceptors (Lipinski definition) is 7. The first-order chi connectivity index (χ1) is 12.7. The first-order valence-corrected chi connectivity index (χ1v) is 9.75. The molecule has 6 nitrogen and oxygen atoms in total. The van der Waals surface area contributed by atoms with E-state index >= 15 is 0 Å². The Kier molecular flexibility index (Phi) is 4.68. The zero-order valence-corrected chi connectivity index (χ0v) is 15.5. The van der Waals surface area contributed by atoms with Crippen molar-refractivity contribution in [2.24, 2.45) is 0 Å². The molecule has 0 unspecified atom stereocenters. The molecule has 4 rings (SSSR count). The lowest BCUT2D eigenvalue weighted by Crippen LogP contribution is -2.15. The van der Waals surface area contributed by atoms with Crippen LogP contribution in [0.25, 0.3) is 5.65 Å². The minimum Gasteiger partial charge on any atom is -0.330 e. The number of hydrogen-bond donors (Lipinski definition) is 1. The number of para-hydroxylation sites is 1. The maximum atomic E-state index is 12.2. The molecule has 26 heavy (non-hydrogen) atoms. The molecule has 0 amide bonds. The molecule has 0 aliphatic heterocycles. The van der Waals surface area contributed by atoms with Crippen molar-refractivity contribution >= 4 is 39.6 Å². The largest absolute Gasteiger partial charge is 0.330 e. The maximum absolute atomic E-state index is 12.2. The minimum absolute atomic E-state index is 0.0747. The molecular formula is C18H15N5OS2. The fourth-order valence-corrected chi connectivity index (χ4v) is 4.09. The lowest BCUT2D eigenvalue weighted by molar-refractivity contribution is 0.998. The van der Waals surface area contributed by atoms with Crippen LogP contribution in [0, 0.1) is 6.92 Å². The van der Waals surface area contributed by atoms with Crippen LogP contribution in [0.5, 0.6) is 0 Å². The lowest BCUT2D eigenvalue weighted by Gasteiger charge is -2.04. The number of pyridine rings is 1. The van der Waals surface area contributed by atoms with Gasteiger partial charge < -0.3 is 5.32 Å². The molecule has 0 aliphatic rings. The molecule has 0 radical (unpaired) electrons. The molecule has 0 saturated heterocycles. The summed E-state index contributed by atoms with van der Waals surface area (Å²) in [6.45, 7) is 1.98. The molecule has 4 aromatic rings.